The van der Waals surface area contributed by atoms with Gasteiger partial charge in [-0.05, 0) is 56.2 Å². The van der Waals surface area contributed by atoms with Crippen molar-refractivity contribution in [3.05, 3.63) is 68.2 Å². The number of carbonyl (C=O) groups excluding carboxylic acids is 2. The van der Waals surface area contributed by atoms with E-state index < -0.39 is 10.8 Å². The van der Waals surface area contributed by atoms with Crippen LogP contribution in [0.25, 0.3) is 0 Å². The van der Waals surface area contributed by atoms with Crippen molar-refractivity contribution in [2.45, 2.75) is 27.2 Å². The van der Waals surface area contributed by atoms with Gasteiger partial charge in [-0.3, -0.25) is 19.7 Å². The topological polar surface area (TPSA) is 114 Å². The molecular weight excluding hydrogens is 384 g/mol. The predicted molar refractivity (Wildman–Crippen MR) is 108 cm³/mol. The number of nitrogens with one attached hydrogen (secondary N) is 2. The van der Waals surface area contributed by atoms with Crippen LogP contribution in [0.1, 0.15) is 34.8 Å². The molecule has 0 fully saturated rings. The number of nitro benzene ring substituents is 1. The highest BCUT2D eigenvalue weighted by atomic mass is 35.5. The molecule has 0 saturated carbocycles. The minimum absolute atomic E-state index is 0.00567. The number of amides is 2. The fourth-order valence-corrected chi connectivity index (χ4v) is 2.78. The van der Waals surface area contributed by atoms with Gasteiger partial charge in [-0.1, -0.05) is 17.7 Å². The Kier molecular flexibility index (Phi) is 6.84. The molecule has 0 bridgehead atoms. The molecule has 2 aromatic carbocycles. The third kappa shape index (κ3) is 5.88. The Morgan fingerprint density at radius 1 is 1.14 bits per heavy atom. The van der Waals surface area contributed by atoms with Crippen LogP contribution in [-0.4, -0.2) is 22.4 Å². The number of hydrogen-bond acceptors (Lipinski definition) is 5. The molecule has 0 radical (unpaired) electrons. The molecule has 0 aliphatic rings. The van der Waals surface area contributed by atoms with E-state index in [2.05, 4.69) is 15.8 Å². The Balaban J connectivity index is 1.96. The standard InChI is InChI=1S/C19H19ClN4O4/c1-11-6-12(2)8-15(7-11)21-18(25)9-13(3)22-23-19(26)14-4-5-17(24(27)28)16(20)10-14/h4-8,10H,9H2,1-3H3,(H,21,25)(H,23,26)/b22-13-. The van der Waals surface area contributed by atoms with Crippen molar-refractivity contribution in [1.82, 2.24) is 5.43 Å². The fraction of sp³-hybridized carbons (Fsp3) is 0.211. The smallest absolute Gasteiger partial charge is 0.287 e. The molecule has 0 aliphatic carbocycles. The minimum Gasteiger partial charge on any atom is -0.326 e. The van der Waals surface area contributed by atoms with E-state index in [1.807, 2.05) is 32.0 Å². The monoisotopic (exact) mass is 402 g/mol. The first-order valence-electron chi connectivity index (χ1n) is 8.31. The van der Waals surface area contributed by atoms with Gasteiger partial charge in [0, 0.05) is 23.0 Å². The largest absolute Gasteiger partial charge is 0.326 e. The van der Waals surface area contributed by atoms with Crippen LogP contribution in [0.3, 0.4) is 0 Å². The summed E-state index contributed by atoms with van der Waals surface area (Å²) in [6.07, 6.45) is -0.00567. The van der Waals surface area contributed by atoms with Crippen molar-refractivity contribution in [3.8, 4) is 0 Å². The fourth-order valence-electron chi connectivity index (χ4n) is 2.53. The van der Waals surface area contributed by atoms with E-state index in [1.165, 1.54) is 12.1 Å². The molecule has 28 heavy (non-hydrogen) atoms. The van der Waals surface area contributed by atoms with Gasteiger partial charge >= 0.3 is 0 Å². The van der Waals surface area contributed by atoms with Crippen LogP contribution < -0.4 is 10.7 Å². The van der Waals surface area contributed by atoms with Crippen molar-refractivity contribution in [3.63, 3.8) is 0 Å². The van der Waals surface area contributed by atoms with Crippen molar-refractivity contribution in [2.24, 2.45) is 5.10 Å². The second-order valence-corrected chi connectivity index (χ2v) is 6.72. The molecule has 9 heteroatoms. The van der Waals surface area contributed by atoms with Crippen LogP contribution in [0.4, 0.5) is 11.4 Å². The van der Waals surface area contributed by atoms with E-state index >= 15 is 0 Å². The maximum Gasteiger partial charge on any atom is 0.287 e. The van der Waals surface area contributed by atoms with E-state index in [1.54, 1.807) is 6.92 Å². The molecular formula is C19H19ClN4O4. The van der Waals surface area contributed by atoms with E-state index in [9.17, 15) is 19.7 Å². The van der Waals surface area contributed by atoms with E-state index in [0.717, 1.165) is 17.2 Å². The van der Waals surface area contributed by atoms with Gasteiger partial charge in [0.25, 0.3) is 11.6 Å². The highest BCUT2D eigenvalue weighted by molar-refractivity contribution is 6.33. The van der Waals surface area contributed by atoms with Gasteiger partial charge in [-0.25, -0.2) is 5.43 Å². The number of halogens is 1. The molecule has 0 heterocycles. The van der Waals surface area contributed by atoms with Gasteiger partial charge < -0.3 is 5.32 Å². The second kappa shape index (κ2) is 9.09. The summed E-state index contributed by atoms with van der Waals surface area (Å²) < 4.78 is 0. The van der Waals surface area contributed by atoms with Crippen LogP contribution in [0, 0.1) is 24.0 Å². The zero-order valence-corrected chi connectivity index (χ0v) is 16.3. The summed E-state index contributed by atoms with van der Waals surface area (Å²) in [6, 6.07) is 9.33. The molecule has 0 unspecified atom stereocenters. The Hall–Kier alpha value is -3.26. The third-order valence-electron chi connectivity index (χ3n) is 3.68. The van der Waals surface area contributed by atoms with E-state index in [4.69, 9.17) is 11.6 Å². The molecule has 0 aliphatic heterocycles. The highest BCUT2D eigenvalue weighted by Crippen LogP contribution is 2.24. The number of rotatable bonds is 6. The normalized spacial score (nSPS) is 11.1. The molecule has 0 spiro atoms. The number of aryl methyl sites for hydroxylation is 2. The Bertz CT molecular complexity index is 952. The Morgan fingerprint density at radius 3 is 2.36 bits per heavy atom. The summed E-state index contributed by atoms with van der Waals surface area (Å²) in [6.45, 7) is 5.48. The lowest BCUT2D eigenvalue weighted by Crippen LogP contribution is -2.21. The Labute approximate surface area is 166 Å². The lowest BCUT2D eigenvalue weighted by Gasteiger charge is -2.08. The molecule has 2 aromatic rings. The molecule has 0 saturated heterocycles. The summed E-state index contributed by atoms with van der Waals surface area (Å²) in [5.41, 5.74) is 5.29. The molecule has 8 nitrogen and oxygen atoms in total. The van der Waals surface area contributed by atoms with Crippen molar-refractivity contribution in [1.29, 1.82) is 0 Å². The molecule has 146 valence electrons. The number of nitro groups is 1. The van der Waals surface area contributed by atoms with Gasteiger partial charge in [-0.15, -0.1) is 0 Å². The molecule has 0 atom stereocenters. The summed E-state index contributed by atoms with van der Waals surface area (Å²) in [5.74, 6) is -0.857. The van der Waals surface area contributed by atoms with Gasteiger partial charge in [0.05, 0.1) is 11.3 Å². The minimum atomic E-state index is -0.638. The van der Waals surface area contributed by atoms with E-state index in [0.29, 0.717) is 11.4 Å². The van der Waals surface area contributed by atoms with Gasteiger partial charge in [0.1, 0.15) is 5.02 Å². The summed E-state index contributed by atoms with van der Waals surface area (Å²) >= 11 is 5.79. The predicted octanol–water partition coefficient (Wildman–Crippen LogP) is 4.00. The molecule has 2 amide bonds. The van der Waals surface area contributed by atoms with Gasteiger partial charge in [0.15, 0.2) is 0 Å². The van der Waals surface area contributed by atoms with Crippen LogP contribution in [0.15, 0.2) is 41.5 Å². The third-order valence-corrected chi connectivity index (χ3v) is 3.98. The molecule has 2 N–H and O–H groups in total. The number of nitrogens with zero attached hydrogens (tertiary/aromatic N) is 2. The van der Waals surface area contributed by atoms with Crippen molar-refractivity contribution >= 4 is 40.5 Å². The average Bonchev–Trinajstić information content (AvgIpc) is 2.58. The zero-order valence-electron chi connectivity index (χ0n) is 15.6. The van der Waals surface area contributed by atoms with Gasteiger partial charge in [-0.2, -0.15) is 5.10 Å². The van der Waals surface area contributed by atoms with Crippen LogP contribution in [0.2, 0.25) is 5.02 Å². The second-order valence-electron chi connectivity index (χ2n) is 6.31. The maximum absolute atomic E-state index is 12.1. The summed E-state index contributed by atoms with van der Waals surface area (Å²) in [7, 11) is 0. The first-order valence-corrected chi connectivity index (χ1v) is 8.69. The number of hydrazone groups is 1. The number of hydrogen-bond donors (Lipinski definition) is 2. The quantitative estimate of drug-likeness (QED) is 0.431. The lowest BCUT2D eigenvalue weighted by molar-refractivity contribution is -0.384. The number of carbonyl (C=O) groups is 2. The highest BCUT2D eigenvalue weighted by Gasteiger charge is 2.15. The van der Waals surface area contributed by atoms with Crippen molar-refractivity contribution < 1.29 is 14.5 Å². The first-order chi connectivity index (χ1) is 13.2. The summed E-state index contributed by atoms with van der Waals surface area (Å²) in [5, 5.41) is 17.3. The molecule has 0 aromatic heterocycles. The zero-order chi connectivity index (χ0) is 20.8. The summed E-state index contributed by atoms with van der Waals surface area (Å²) in [4.78, 5) is 34.3. The first kappa shape index (κ1) is 21.0. The van der Waals surface area contributed by atoms with Crippen LogP contribution >= 0.6 is 11.6 Å². The maximum atomic E-state index is 12.1. The number of benzene rings is 2. The number of anilines is 1. The Morgan fingerprint density at radius 2 is 1.79 bits per heavy atom. The molecule has 2 rings (SSSR count). The van der Waals surface area contributed by atoms with Crippen molar-refractivity contribution in [2.75, 3.05) is 5.32 Å². The van der Waals surface area contributed by atoms with E-state index in [-0.39, 0.29) is 28.6 Å². The van der Waals surface area contributed by atoms with Crippen LogP contribution in [-0.2, 0) is 4.79 Å². The SMILES string of the molecule is C/C(CC(=O)Nc1cc(C)cc(C)c1)=N/NC(=O)c1ccc([N+](=O)[O-])c(Cl)c1. The lowest BCUT2D eigenvalue weighted by atomic mass is 10.1. The van der Waals surface area contributed by atoms with Crippen LogP contribution in [0.5, 0.6) is 0 Å². The average molecular weight is 403 g/mol. The van der Waals surface area contributed by atoms with Gasteiger partial charge in [0.2, 0.25) is 5.91 Å².